The molecule has 3 heteroatoms. The molecular weight excluding hydrogens is 234 g/mol. The minimum atomic E-state index is 0.569. The molecule has 0 saturated carbocycles. The minimum absolute atomic E-state index is 0.569. The Morgan fingerprint density at radius 1 is 1.26 bits per heavy atom. The zero-order chi connectivity index (χ0) is 13.7. The number of imidazole rings is 1. The average molecular weight is 257 g/mol. The van der Waals surface area contributed by atoms with E-state index in [-0.39, 0.29) is 0 Å². The van der Waals surface area contributed by atoms with Crippen LogP contribution in [0.25, 0.3) is 0 Å². The highest BCUT2D eigenvalue weighted by Crippen LogP contribution is 2.28. The van der Waals surface area contributed by atoms with Crippen LogP contribution < -0.4 is 0 Å². The molecule has 1 aliphatic rings. The third-order valence-electron chi connectivity index (χ3n) is 3.46. The summed E-state index contributed by atoms with van der Waals surface area (Å²) in [5.74, 6) is 0.569. The van der Waals surface area contributed by atoms with Gasteiger partial charge in [-0.2, -0.15) is 0 Å². The number of aromatic nitrogens is 2. The molecule has 0 bridgehead atoms. The molecule has 1 aromatic carbocycles. The van der Waals surface area contributed by atoms with Crippen molar-refractivity contribution in [3.05, 3.63) is 54.1 Å². The smallest absolute Gasteiger partial charge is 0.0946 e. The molecule has 0 fully saturated rings. The van der Waals surface area contributed by atoms with E-state index in [0.717, 1.165) is 19.6 Å². The van der Waals surface area contributed by atoms with Gasteiger partial charge < -0.3 is 9.47 Å². The monoisotopic (exact) mass is 257 g/mol. The van der Waals surface area contributed by atoms with Crippen LogP contribution >= 0.6 is 0 Å². The van der Waals surface area contributed by atoms with Gasteiger partial charge in [-0.1, -0.05) is 38.1 Å². The van der Waals surface area contributed by atoms with Crippen LogP contribution in [0, 0.1) is 0 Å². The van der Waals surface area contributed by atoms with Gasteiger partial charge in [-0.25, -0.2) is 4.98 Å². The molecule has 3 nitrogen and oxygen atoms in total. The van der Waals surface area contributed by atoms with Crippen molar-refractivity contribution in [1.29, 1.82) is 0 Å². The summed E-state index contributed by atoms with van der Waals surface area (Å²) in [5, 5.41) is 0. The van der Waals surface area contributed by atoms with E-state index in [4.69, 9.17) is 0 Å². The van der Waals surface area contributed by atoms with Crippen molar-refractivity contribution in [3.63, 3.8) is 0 Å². The van der Waals surface area contributed by atoms with Crippen molar-refractivity contribution < 1.29 is 0 Å². The molecule has 102 valence electrons. The van der Waals surface area contributed by atoms with E-state index in [0.29, 0.717) is 5.92 Å². The molecule has 19 heavy (non-hydrogen) atoms. The maximum atomic E-state index is 4.11. The number of rotatable bonds is 2. The van der Waals surface area contributed by atoms with Crippen LogP contribution in [0.2, 0.25) is 0 Å². The Morgan fingerprint density at radius 3 is 2.79 bits per heavy atom. The first kappa shape index (κ1) is 13.8. The molecule has 0 aliphatic carbocycles. The highest BCUT2D eigenvalue weighted by molar-refractivity contribution is 5.32. The number of nitrogens with zero attached hydrogens (tertiary/aromatic N) is 3. The highest BCUT2D eigenvalue weighted by Gasteiger charge is 2.22. The summed E-state index contributed by atoms with van der Waals surface area (Å²) in [5.41, 5.74) is 2.96. The SMILES string of the molecule is CC.CN1Cc2ccccc2C(Cn2ccnc2)C1. The highest BCUT2D eigenvalue weighted by atomic mass is 15.1. The lowest BCUT2D eigenvalue weighted by Gasteiger charge is -2.32. The second-order valence-corrected chi connectivity index (χ2v) is 4.85. The zero-order valence-corrected chi connectivity index (χ0v) is 12.1. The van der Waals surface area contributed by atoms with Gasteiger partial charge in [0.05, 0.1) is 6.33 Å². The fourth-order valence-electron chi connectivity index (χ4n) is 2.71. The van der Waals surface area contributed by atoms with Crippen molar-refractivity contribution in [2.24, 2.45) is 0 Å². The van der Waals surface area contributed by atoms with Crippen molar-refractivity contribution in [3.8, 4) is 0 Å². The summed E-state index contributed by atoms with van der Waals surface area (Å²) in [6, 6.07) is 8.78. The lowest BCUT2D eigenvalue weighted by atomic mass is 9.90. The Morgan fingerprint density at radius 2 is 2.05 bits per heavy atom. The summed E-state index contributed by atoms with van der Waals surface area (Å²) in [4.78, 5) is 6.50. The van der Waals surface area contributed by atoms with Crippen molar-refractivity contribution in [2.75, 3.05) is 13.6 Å². The number of hydrogen-bond donors (Lipinski definition) is 0. The molecule has 1 aliphatic heterocycles. The second-order valence-electron chi connectivity index (χ2n) is 4.85. The first-order chi connectivity index (χ1) is 9.33. The molecular formula is C16H23N3. The molecule has 1 atom stereocenters. The predicted molar refractivity (Wildman–Crippen MR) is 79.1 cm³/mol. The molecule has 0 spiro atoms. The Bertz CT molecular complexity index is 490. The average Bonchev–Trinajstić information content (AvgIpc) is 2.94. The van der Waals surface area contributed by atoms with Gasteiger partial charge in [-0.15, -0.1) is 0 Å². The van der Waals surface area contributed by atoms with E-state index in [9.17, 15) is 0 Å². The van der Waals surface area contributed by atoms with Gasteiger partial charge in [0.1, 0.15) is 0 Å². The van der Waals surface area contributed by atoms with Crippen molar-refractivity contribution >= 4 is 0 Å². The first-order valence-electron chi connectivity index (χ1n) is 7.05. The van der Waals surface area contributed by atoms with Crippen molar-refractivity contribution in [1.82, 2.24) is 14.5 Å². The van der Waals surface area contributed by atoms with Gasteiger partial charge in [-0.3, -0.25) is 0 Å². The largest absolute Gasteiger partial charge is 0.337 e. The molecule has 0 amide bonds. The van der Waals surface area contributed by atoms with Crippen LogP contribution in [0.1, 0.15) is 30.9 Å². The van der Waals surface area contributed by atoms with Crippen LogP contribution in [0.4, 0.5) is 0 Å². The Kier molecular flexibility index (Phi) is 4.74. The van der Waals surface area contributed by atoms with Gasteiger partial charge in [0, 0.05) is 37.9 Å². The lowest BCUT2D eigenvalue weighted by Crippen LogP contribution is -2.32. The molecule has 2 aromatic rings. The fourth-order valence-corrected chi connectivity index (χ4v) is 2.71. The van der Waals surface area contributed by atoms with Gasteiger partial charge in [0.15, 0.2) is 0 Å². The van der Waals surface area contributed by atoms with Crippen molar-refractivity contribution in [2.45, 2.75) is 32.9 Å². The Labute approximate surface area is 115 Å². The van der Waals surface area contributed by atoms with E-state index < -0.39 is 0 Å². The minimum Gasteiger partial charge on any atom is -0.337 e. The van der Waals surface area contributed by atoms with Gasteiger partial charge >= 0.3 is 0 Å². The second kappa shape index (κ2) is 6.53. The summed E-state index contributed by atoms with van der Waals surface area (Å²) in [6.07, 6.45) is 5.78. The summed E-state index contributed by atoms with van der Waals surface area (Å²) in [6.45, 7) is 7.20. The number of likely N-dealkylation sites (N-methyl/N-ethyl adjacent to an activating group) is 1. The van der Waals surface area contributed by atoms with Crippen LogP contribution in [0.3, 0.4) is 0 Å². The number of benzene rings is 1. The summed E-state index contributed by atoms with van der Waals surface area (Å²) >= 11 is 0. The molecule has 2 heterocycles. The normalized spacial score (nSPS) is 18.4. The van der Waals surface area contributed by atoms with Crippen LogP contribution in [-0.4, -0.2) is 28.0 Å². The van der Waals surface area contributed by atoms with E-state index >= 15 is 0 Å². The molecule has 0 saturated heterocycles. The fraction of sp³-hybridized carbons (Fsp3) is 0.438. The van der Waals surface area contributed by atoms with E-state index in [1.54, 1.807) is 0 Å². The summed E-state index contributed by atoms with van der Waals surface area (Å²) in [7, 11) is 2.19. The zero-order valence-electron chi connectivity index (χ0n) is 12.1. The van der Waals surface area contributed by atoms with E-state index in [2.05, 4.69) is 45.8 Å². The topological polar surface area (TPSA) is 21.1 Å². The number of fused-ring (bicyclic) bond motifs is 1. The Balaban J connectivity index is 0.000000637. The predicted octanol–water partition coefficient (Wildman–Crippen LogP) is 3.14. The molecule has 0 radical (unpaired) electrons. The third-order valence-corrected chi connectivity index (χ3v) is 3.46. The molecule has 1 unspecified atom stereocenters. The van der Waals surface area contributed by atoms with Gasteiger partial charge in [0.2, 0.25) is 0 Å². The first-order valence-corrected chi connectivity index (χ1v) is 7.05. The van der Waals surface area contributed by atoms with Crippen LogP contribution in [0.15, 0.2) is 43.0 Å². The standard InChI is InChI=1S/C14H17N3.C2H6/c1-16-8-12-4-2-3-5-14(12)13(9-16)10-17-7-6-15-11-17;1-2/h2-7,11,13H,8-10H2,1H3;1-2H3. The third kappa shape index (κ3) is 3.24. The lowest BCUT2D eigenvalue weighted by molar-refractivity contribution is 0.268. The molecule has 3 rings (SSSR count). The quantitative estimate of drug-likeness (QED) is 0.824. The van der Waals surface area contributed by atoms with Crippen LogP contribution in [0.5, 0.6) is 0 Å². The number of hydrogen-bond acceptors (Lipinski definition) is 2. The van der Waals surface area contributed by atoms with Gasteiger partial charge in [0.25, 0.3) is 0 Å². The Hall–Kier alpha value is -1.61. The molecule has 1 aromatic heterocycles. The van der Waals surface area contributed by atoms with Gasteiger partial charge in [-0.05, 0) is 18.2 Å². The van der Waals surface area contributed by atoms with Crippen LogP contribution in [-0.2, 0) is 13.1 Å². The van der Waals surface area contributed by atoms with E-state index in [1.165, 1.54) is 11.1 Å². The summed E-state index contributed by atoms with van der Waals surface area (Å²) < 4.78 is 2.17. The van der Waals surface area contributed by atoms with E-state index in [1.807, 2.05) is 32.6 Å². The maximum absolute atomic E-state index is 4.11. The maximum Gasteiger partial charge on any atom is 0.0946 e. The molecule has 0 N–H and O–H groups in total.